The molecule has 0 aliphatic heterocycles. The van der Waals surface area contributed by atoms with Crippen molar-refractivity contribution in [3.63, 3.8) is 0 Å². The second-order valence-corrected chi connectivity index (χ2v) is 4.85. The molecular formula is C13H12FN3OS. The van der Waals surface area contributed by atoms with E-state index in [0.717, 1.165) is 0 Å². The molecule has 0 unspecified atom stereocenters. The predicted octanol–water partition coefficient (Wildman–Crippen LogP) is 3.35. The number of unbranched alkanes of at least 4 members (excludes halogenated alkanes) is 1. The first-order valence-corrected chi connectivity index (χ1v) is 6.84. The number of halogens is 1. The zero-order valence-corrected chi connectivity index (χ0v) is 11.0. The summed E-state index contributed by atoms with van der Waals surface area (Å²) < 4.78 is 18.4. The number of nitriles is 1. The van der Waals surface area contributed by atoms with Crippen LogP contribution in [0.25, 0.3) is 0 Å². The molecule has 0 aliphatic carbocycles. The van der Waals surface area contributed by atoms with Crippen molar-refractivity contribution in [3.05, 3.63) is 41.8 Å². The number of nitrogens with zero attached hydrogens (tertiary/aromatic N) is 3. The highest BCUT2D eigenvalue weighted by molar-refractivity contribution is 7.98. The Morgan fingerprint density at radius 1 is 1.37 bits per heavy atom. The van der Waals surface area contributed by atoms with Crippen LogP contribution in [0.4, 0.5) is 4.39 Å². The van der Waals surface area contributed by atoms with E-state index in [2.05, 4.69) is 16.2 Å². The summed E-state index contributed by atoms with van der Waals surface area (Å²) in [6.07, 6.45) is 1.78. The van der Waals surface area contributed by atoms with Gasteiger partial charge in [0.1, 0.15) is 5.82 Å². The summed E-state index contributed by atoms with van der Waals surface area (Å²) in [5.74, 6) is 1.28. The number of benzene rings is 1. The lowest BCUT2D eigenvalue weighted by atomic mass is 10.2. The van der Waals surface area contributed by atoms with Crippen molar-refractivity contribution in [1.82, 2.24) is 10.1 Å². The minimum absolute atomic E-state index is 0.245. The highest BCUT2D eigenvalue weighted by Crippen LogP contribution is 2.24. The maximum atomic E-state index is 13.4. The highest BCUT2D eigenvalue weighted by Gasteiger charge is 2.08. The third-order valence-corrected chi connectivity index (χ3v) is 3.43. The molecule has 6 heteroatoms. The fourth-order valence-corrected chi connectivity index (χ4v) is 2.26. The quantitative estimate of drug-likeness (QED) is 0.598. The van der Waals surface area contributed by atoms with E-state index in [1.807, 2.05) is 0 Å². The largest absolute Gasteiger partial charge is 0.339 e. The van der Waals surface area contributed by atoms with Crippen molar-refractivity contribution in [1.29, 1.82) is 5.26 Å². The van der Waals surface area contributed by atoms with Crippen molar-refractivity contribution in [2.24, 2.45) is 0 Å². The molecule has 19 heavy (non-hydrogen) atoms. The molecule has 0 spiro atoms. The number of rotatable bonds is 6. The zero-order chi connectivity index (χ0) is 13.5. The fourth-order valence-electron chi connectivity index (χ4n) is 1.47. The first kappa shape index (κ1) is 13.6. The van der Waals surface area contributed by atoms with E-state index in [1.165, 1.54) is 17.8 Å². The molecule has 0 amide bonds. The summed E-state index contributed by atoms with van der Waals surface area (Å²) in [5, 5.41) is 12.3. The van der Waals surface area contributed by atoms with Crippen LogP contribution in [-0.2, 0) is 12.2 Å². The minimum atomic E-state index is -0.245. The van der Waals surface area contributed by atoms with E-state index >= 15 is 0 Å². The molecule has 0 saturated heterocycles. The van der Waals surface area contributed by atoms with Crippen LogP contribution < -0.4 is 0 Å². The van der Waals surface area contributed by atoms with Crippen LogP contribution in [0.3, 0.4) is 0 Å². The topological polar surface area (TPSA) is 62.7 Å². The van der Waals surface area contributed by atoms with Crippen molar-refractivity contribution in [2.45, 2.75) is 29.9 Å². The second-order valence-electron chi connectivity index (χ2n) is 3.84. The molecular weight excluding hydrogens is 265 g/mol. The Balaban J connectivity index is 1.87. The molecule has 2 rings (SSSR count). The Labute approximate surface area is 114 Å². The smallest absolute Gasteiger partial charge is 0.226 e. The van der Waals surface area contributed by atoms with Gasteiger partial charge in [-0.2, -0.15) is 10.2 Å². The first-order valence-electron chi connectivity index (χ1n) is 5.85. The molecule has 0 radical (unpaired) electrons. The van der Waals surface area contributed by atoms with Crippen molar-refractivity contribution in [3.8, 4) is 6.07 Å². The number of aryl methyl sites for hydroxylation is 1. The van der Waals surface area contributed by atoms with Gasteiger partial charge in [0.05, 0.1) is 11.8 Å². The first-order chi connectivity index (χ1) is 9.29. The van der Waals surface area contributed by atoms with Crippen LogP contribution in [0.15, 0.2) is 33.7 Å². The number of hydrogen-bond acceptors (Lipinski definition) is 5. The Bertz CT molecular complexity index is 579. The molecule has 1 aromatic heterocycles. The van der Waals surface area contributed by atoms with Gasteiger partial charge < -0.3 is 4.52 Å². The molecule has 2 aromatic rings. The molecule has 0 bridgehead atoms. The van der Waals surface area contributed by atoms with Gasteiger partial charge >= 0.3 is 0 Å². The maximum absolute atomic E-state index is 13.4. The predicted molar refractivity (Wildman–Crippen MR) is 68.8 cm³/mol. The standard InChI is InChI=1S/C13H12FN3OS/c14-10-5-1-2-6-11(10)19-9-12-16-13(18-17-12)7-3-4-8-15/h1-2,5-6H,3-4,7,9H2. The van der Waals surface area contributed by atoms with Crippen molar-refractivity contribution >= 4 is 11.8 Å². The zero-order valence-electron chi connectivity index (χ0n) is 10.2. The Hall–Kier alpha value is -1.87. The number of hydrogen-bond donors (Lipinski definition) is 0. The van der Waals surface area contributed by atoms with Crippen LogP contribution in [-0.4, -0.2) is 10.1 Å². The summed E-state index contributed by atoms with van der Waals surface area (Å²) in [4.78, 5) is 4.76. The van der Waals surface area contributed by atoms with Gasteiger partial charge in [-0.1, -0.05) is 17.3 Å². The monoisotopic (exact) mass is 277 g/mol. The van der Waals surface area contributed by atoms with Gasteiger partial charge in [0, 0.05) is 17.7 Å². The maximum Gasteiger partial charge on any atom is 0.226 e. The lowest BCUT2D eigenvalue weighted by Gasteiger charge is -1.99. The third kappa shape index (κ3) is 4.07. The summed E-state index contributed by atoms with van der Waals surface area (Å²) in [6, 6.07) is 8.64. The average molecular weight is 277 g/mol. The fraction of sp³-hybridized carbons (Fsp3) is 0.308. The normalized spacial score (nSPS) is 10.3. The minimum Gasteiger partial charge on any atom is -0.339 e. The summed E-state index contributed by atoms with van der Waals surface area (Å²) in [7, 11) is 0. The SMILES string of the molecule is N#CCCCc1nc(CSc2ccccc2F)no1. The van der Waals surface area contributed by atoms with E-state index in [9.17, 15) is 4.39 Å². The lowest BCUT2D eigenvalue weighted by molar-refractivity contribution is 0.372. The molecule has 0 saturated carbocycles. The van der Waals surface area contributed by atoms with E-state index < -0.39 is 0 Å². The van der Waals surface area contributed by atoms with Gasteiger partial charge in [-0.3, -0.25) is 0 Å². The van der Waals surface area contributed by atoms with Gasteiger partial charge in [0.25, 0.3) is 0 Å². The van der Waals surface area contributed by atoms with Gasteiger partial charge in [-0.25, -0.2) is 4.39 Å². The third-order valence-electron chi connectivity index (χ3n) is 2.38. The highest BCUT2D eigenvalue weighted by atomic mass is 32.2. The lowest BCUT2D eigenvalue weighted by Crippen LogP contribution is -1.88. The molecule has 1 aromatic carbocycles. The van der Waals surface area contributed by atoms with Gasteiger partial charge in [0.15, 0.2) is 5.82 Å². The molecule has 0 fully saturated rings. The van der Waals surface area contributed by atoms with Crippen LogP contribution in [0.5, 0.6) is 0 Å². The molecule has 98 valence electrons. The molecule has 0 aliphatic rings. The van der Waals surface area contributed by atoms with Crippen LogP contribution in [0.1, 0.15) is 24.6 Å². The van der Waals surface area contributed by atoms with Gasteiger partial charge in [-0.05, 0) is 18.6 Å². The summed E-state index contributed by atoms with van der Waals surface area (Å²) in [5.41, 5.74) is 0. The van der Waals surface area contributed by atoms with Crippen LogP contribution >= 0.6 is 11.8 Å². The van der Waals surface area contributed by atoms with E-state index in [1.54, 1.807) is 18.2 Å². The van der Waals surface area contributed by atoms with Gasteiger partial charge in [0.2, 0.25) is 5.89 Å². The Morgan fingerprint density at radius 2 is 2.21 bits per heavy atom. The Morgan fingerprint density at radius 3 is 3.00 bits per heavy atom. The number of aromatic nitrogens is 2. The number of thioether (sulfide) groups is 1. The van der Waals surface area contributed by atoms with Crippen LogP contribution in [0.2, 0.25) is 0 Å². The van der Waals surface area contributed by atoms with Crippen LogP contribution in [0, 0.1) is 17.1 Å². The molecule has 4 nitrogen and oxygen atoms in total. The van der Waals surface area contributed by atoms with Crippen molar-refractivity contribution < 1.29 is 8.91 Å². The van der Waals surface area contributed by atoms with Crippen molar-refractivity contribution in [2.75, 3.05) is 0 Å². The van der Waals surface area contributed by atoms with E-state index in [-0.39, 0.29) is 5.82 Å². The van der Waals surface area contributed by atoms with E-state index in [0.29, 0.717) is 41.6 Å². The van der Waals surface area contributed by atoms with Gasteiger partial charge in [-0.15, -0.1) is 11.8 Å². The molecule has 1 heterocycles. The molecule has 0 N–H and O–H groups in total. The second kappa shape index (κ2) is 6.90. The summed E-state index contributed by atoms with van der Waals surface area (Å²) >= 11 is 1.33. The van der Waals surface area contributed by atoms with E-state index in [4.69, 9.17) is 9.78 Å². The summed E-state index contributed by atoms with van der Waals surface area (Å²) in [6.45, 7) is 0. The Kier molecular flexibility index (Phi) is 4.93. The average Bonchev–Trinajstić information content (AvgIpc) is 2.86. The molecule has 0 atom stereocenters.